The third-order valence-electron chi connectivity index (χ3n) is 2.82. The second-order valence-corrected chi connectivity index (χ2v) is 4.70. The molecule has 2 unspecified atom stereocenters. The van der Waals surface area contributed by atoms with Gasteiger partial charge in [-0.25, -0.2) is 4.39 Å². The highest BCUT2D eigenvalue weighted by molar-refractivity contribution is 5.84. The van der Waals surface area contributed by atoms with Crippen molar-refractivity contribution in [1.29, 1.82) is 0 Å². The summed E-state index contributed by atoms with van der Waals surface area (Å²) in [6.45, 7) is 7.55. The van der Waals surface area contributed by atoms with Crippen LogP contribution in [0.4, 0.5) is 10.1 Å². The molecule has 0 aliphatic heterocycles. The first-order valence-electron chi connectivity index (χ1n) is 6.26. The number of anilines is 1. The maximum atomic E-state index is 13.2. The van der Waals surface area contributed by atoms with Gasteiger partial charge >= 0.3 is 0 Å². The van der Waals surface area contributed by atoms with Gasteiger partial charge in [-0.1, -0.05) is 6.92 Å². The number of amides is 1. The van der Waals surface area contributed by atoms with Crippen LogP contribution in [-0.4, -0.2) is 18.0 Å². The van der Waals surface area contributed by atoms with Crippen molar-refractivity contribution < 1.29 is 9.18 Å². The average Bonchev–Trinajstić information content (AvgIpc) is 2.27. The third kappa shape index (κ3) is 4.35. The van der Waals surface area contributed by atoms with Crippen LogP contribution in [-0.2, 0) is 4.79 Å². The van der Waals surface area contributed by atoms with E-state index >= 15 is 0 Å². The van der Waals surface area contributed by atoms with E-state index in [4.69, 9.17) is 0 Å². The van der Waals surface area contributed by atoms with Crippen LogP contribution in [0.5, 0.6) is 0 Å². The van der Waals surface area contributed by atoms with Gasteiger partial charge in [-0.3, -0.25) is 4.79 Å². The zero-order valence-electron chi connectivity index (χ0n) is 11.4. The van der Waals surface area contributed by atoms with Gasteiger partial charge in [0.05, 0.1) is 0 Å². The molecule has 18 heavy (non-hydrogen) atoms. The molecule has 0 bridgehead atoms. The lowest BCUT2D eigenvalue weighted by Gasteiger charge is -2.18. The molecule has 0 aliphatic rings. The van der Waals surface area contributed by atoms with Crippen LogP contribution in [0.3, 0.4) is 0 Å². The largest absolute Gasteiger partial charge is 0.374 e. The number of halogens is 1. The lowest BCUT2D eigenvalue weighted by Crippen LogP contribution is -2.41. The number of hydrogen-bond acceptors (Lipinski definition) is 2. The normalized spacial score (nSPS) is 13.8. The molecule has 0 spiro atoms. The number of carbonyl (C=O) groups excluding carboxylic acids is 1. The number of nitrogens with one attached hydrogen (secondary N) is 2. The van der Waals surface area contributed by atoms with E-state index in [2.05, 4.69) is 10.6 Å². The Morgan fingerprint density at radius 1 is 1.33 bits per heavy atom. The molecule has 0 aliphatic carbocycles. The Labute approximate surface area is 108 Å². The minimum Gasteiger partial charge on any atom is -0.374 e. The van der Waals surface area contributed by atoms with Crippen LogP contribution in [0.15, 0.2) is 18.2 Å². The molecular weight excluding hydrogens is 231 g/mol. The summed E-state index contributed by atoms with van der Waals surface area (Å²) < 4.78 is 13.2. The van der Waals surface area contributed by atoms with E-state index in [9.17, 15) is 9.18 Å². The Morgan fingerprint density at radius 2 is 2.00 bits per heavy atom. The van der Waals surface area contributed by atoms with E-state index < -0.39 is 0 Å². The minimum absolute atomic E-state index is 0.0775. The maximum Gasteiger partial charge on any atom is 0.242 e. The van der Waals surface area contributed by atoms with E-state index in [1.807, 2.05) is 26.8 Å². The summed E-state index contributed by atoms with van der Waals surface area (Å²) in [5, 5.41) is 5.88. The van der Waals surface area contributed by atoms with E-state index in [-0.39, 0.29) is 23.8 Å². The van der Waals surface area contributed by atoms with Crippen molar-refractivity contribution in [1.82, 2.24) is 5.32 Å². The number of rotatable bonds is 5. The van der Waals surface area contributed by atoms with Crippen molar-refractivity contribution in [3.8, 4) is 0 Å². The van der Waals surface area contributed by atoms with Crippen molar-refractivity contribution in [3.63, 3.8) is 0 Å². The SMILES string of the molecule is CCC(C)NC(=O)C(C)Nc1cc(C)cc(F)c1. The van der Waals surface area contributed by atoms with E-state index in [0.717, 1.165) is 12.0 Å². The monoisotopic (exact) mass is 252 g/mol. The molecule has 1 aromatic carbocycles. The highest BCUT2D eigenvalue weighted by atomic mass is 19.1. The van der Waals surface area contributed by atoms with E-state index in [0.29, 0.717) is 5.69 Å². The fraction of sp³-hybridized carbons (Fsp3) is 0.500. The molecule has 0 heterocycles. The Hall–Kier alpha value is -1.58. The van der Waals surface area contributed by atoms with Crippen LogP contribution in [0, 0.1) is 12.7 Å². The minimum atomic E-state index is -0.389. The first kappa shape index (κ1) is 14.5. The zero-order chi connectivity index (χ0) is 13.7. The predicted molar refractivity (Wildman–Crippen MR) is 72.1 cm³/mol. The van der Waals surface area contributed by atoms with Gasteiger partial charge in [0.1, 0.15) is 11.9 Å². The van der Waals surface area contributed by atoms with Crippen LogP contribution in [0.2, 0.25) is 0 Å². The molecule has 1 amide bonds. The second kappa shape index (κ2) is 6.38. The van der Waals surface area contributed by atoms with Crippen LogP contribution >= 0.6 is 0 Å². The van der Waals surface area contributed by atoms with Gasteiger partial charge in [-0.2, -0.15) is 0 Å². The molecule has 0 aromatic heterocycles. The topological polar surface area (TPSA) is 41.1 Å². The van der Waals surface area contributed by atoms with E-state index in [1.54, 1.807) is 6.92 Å². The lowest BCUT2D eigenvalue weighted by atomic mass is 10.2. The molecule has 0 saturated carbocycles. The molecule has 1 aromatic rings. The van der Waals surface area contributed by atoms with E-state index in [1.165, 1.54) is 12.1 Å². The Kier molecular flexibility index (Phi) is 5.13. The first-order valence-corrected chi connectivity index (χ1v) is 6.26. The second-order valence-electron chi connectivity index (χ2n) is 4.70. The van der Waals surface area contributed by atoms with Crippen molar-refractivity contribution in [3.05, 3.63) is 29.6 Å². The van der Waals surface area contributed by atoms with Gasteiger partial charge in [-0.05, 0) is 51.0 Å². The molecule has 2 atom stereocenters. The fourth-order valence-electron chi connectivity index (χ4n) is 1.61. The van der Waals surface area contributed by atoms with Gasteiger partial charge in [0, 0.05) is 11.7 Å². The van der Waals surface area contributed by atoms with Crippen LogP contribution < -0.4 is 10.6 Å². The third-order valence-corrected chi connectivity index (χ3v) is 2.82. The van der Waals surface area contributed by atoms with Crippen molar-refractivity contribution in [2.24, 2.45) is 0 Å². The fourth-order valence-corrected chi connectivity index (χ4v) is 1.61. The Bertz CT molecular complexity index is 400. The molecule has 100 valence electrons. The Morgan fingerprint density at radius 3 is 2.56 bits per heavy atom. The van der Waals surface area contributed by atoms with Crippen molar-refractivity contribution in [2.75, 3.05) is 5.32 Å². The number of carbonyl (C=O) groups is 1. The predicted octanol–water partition coefficient (Wildman–Crippen LogP) is 2.85. The van der Waals surface area contributed by atoms with Gasteiger partial charge in [0.15, 0.2) is 0 Å². The maximum absolute atomic E-state index is 13.2. The molecule has 0 radical (unpaired) electrons. The quantitative estimate of drug-likeness (QED) is 0.846. The highest BCUT2D eigenvalue weighted by Gasteiger charge is 2.14. The summed E-state index contributed by atoms with van der Waals surface area (Å²) in [5.74, 6) is -0.377. The summed E-state index contributed by atoms with van der Waals surface area (Å²) in [6.07, 6.45) is 0.886. The average molecular weight is 252 g/mol. The molecule has 3 nitrogen and oxygen atoms in total. The highest BCUT2D eigenvalue weighted by Crippen LogP contribution is 2.14. The van der Waals surface area contributed by atoms with Gasteiger partial charge in [0.2, 0.25) is 5.91 Å². The summed E-state index contributed by atoms with van der Waals surface area (Å²) in [5.41, 5.74) is 1.45. The van der Waals surface area contributed by atoms with Crippen LogP contribution in [0.25, 0.3) is 0 Å². The van der Waals surface area contributed by atoms with Gasteiger partial charge in [0.25, 0.3) is 0 Å². The summed E-state index contributed by atoms with van der Waals surface area (Å²) in [6, 6.07) is 4.42. The summed E-state index contributed by atoms with van der Waals surface area (Å²) in [4.78, 5) is 11.8. The van der Waals surface area contributed by atoms with Crippen molar-refractivity contribution >= 4 is 11.6 Å². The summed E-state index contributed by atoms with van der Waals surface area (Å²) >= 11 is 0. The molecule has 1 rings (SSSR count). The number of aryl methyl sites for hydroxylation is 1. The lowest BCUT2D eigenvalue weighted by molar-refractivity contribution is -0.122. The molecule has 0 fully saturated rings. The van der Waals surface area contributed by atoms with Gasteiger partial charge in [-0.15, -0.1) is 0 Å². The molecular formula is C14H21FN2O. The molecule has 0 saturated heterocycles. The van der Waals surface area contributed by atoms with Crippen LogP contribution in [0.1, 0.15) is 32.8 Å². The van der Waals surface area contributed by atoms with Gasteiger partial charge < -0.3 is 10.6 Å². The standard InChI is InChI=1S/C14H21FN2O/c1-5-10(3)16-14(18)11(4)17-13-7-9(2)6-12(15)8-13/h6-8,10-11,17H,5H2,1-4H3,(H,16,18). The smallest absolute Gasteiger partial charge is 0.242 e. The Balaban J connectivity index is 2.63. The zero-order valence-corrected chi connectivity index (χ0v) is 11.4. The summed E-state index contributed by atoms with van der Waals surface area (Å²) in [7, 11) is 0. The molecule has 2 N–H and O–H groups in total. The number of hydrogen-bond donors (Lipinski definition) is 2. The molecule has 4 heteroatoms. The van der Waals surface area contributed by atoms with Crippen molar-refractivity contribution in [2.45, 2.75) is 46.2 Å². The number of benzene rings is 1. The first-order chi connectivity index (χ1) is 8.42.